The first-order valence-corrected chi connectivity index (χ1v) is 19.8. The van der Waals surface area contributed by atoms with Crippen molar-refractivity contribution in [2.24, 2.45) is 5.92 Å². The number of carbonyl (C=O) groups is 4. The molecule has 8 rings (SSSR count). The molecule has 0 bridgehead atoms. The molecule has 6 heterocycles. The van der Waals surface area contributed by atoms with E-state index in [0.29, 0.717) is 42.4 Å². The Balaban J connectivity index is 0.853. The molecule has 4 aliphatic heterocycles. The third-order valence-corrected chi connectivity index (χ3v) is 11.7. The van der Waals surface area contributed by atoms with Crippen molar-refractivity contribution in [2.45, 2.75) is 63.1 Å². The van der Waals surface area contributed by atoms with E-state index >= 15 is 0 Å². The van der Waals surface area contributed by atoms with Crippen LogP contribution in [0.1, 0.15) is 71.8 Å². The summed E-state index contributed by atoms with van der Waals surface area (Å²) < 4.78 is 7.67. The SMILES string of the molecule is COc1cc(N2CCC(CN3CCC(n4cc5cc(NC(=O)c6ccnc(N)n6)c(N6CC[C@H](O)C6)cc5n4)CC3)CC2)ccc1C(=O)N[C@H]1CCC(=O)NC1=O. The van der Waals surface area contributed by atoms with Crippen LogP contribution in [0.5, 0.6) is 5.75 Å². The Hall–Kier alpha value is -5.81. The second-order valence-corrected chi connectivity index (χ2v) is 15.5. The molecule has 4 aliphatic rings. The van der Waals surface area contributed by atoms with Crippen LogP contribution in [0.25, 0.3) is 10.9 Å². The standard InChI is InChI=1S/C40H49N11O6/c1-57-35-19-27(2-3-29(35)37(54)43-30-4-5-36(53)46-39(30)56)49-15-7-24(8-16-49)21-48-13-9-26(10-14-48)51-22-25-18-33(44-38(55)31-6-12-42-40(41)45-31)34(20-32(25)47-51)50-17-11-28(52)23-50/h2-3,6,12,18-20,22,24,26,28,30,52H,4-5,7-11,13-17,21,23H2,1H3,(H,43,54)(H,44,55)(H2,41,42,45)(H,46,53,56)/t28-,30-/m0/s1. The number of β-amino-alcohol motifs (C(OH)–C–C–N with tert-alkyl or cyclic N) is 1. The van der Waals surface area contributed by atoms with Gasteiger partial charge in [-0.15, -0.1) is 0 Å². The number of methoxy groups -OCH3 is 1. The predicted octanol–water partition coefficient (Wildman–Crippen LogP) is 2.33. The van der Waals surface area contributed by atoms with Gasteiger partial charge in [-0.25, -0.2) is 9.97 Å². The molecule has 17 heteroatoms. The average Bonchev–Trinajstić information content (AvgIpc) is 3.84. The number of nitrogens with zero attached hydrogens (tertiary/aromatic N) is 7. The van der Waals surface area contributed by atoms with E-state index in [-0.39, 0.29) is 42.3 Å². The first kappa shape index (κ1) is 38.1. The molecular weight excluding hydrogens is 731 g/mol. The van der Waals surface area contributed by atoms with Crippen LogP contribution in [0.15, 0.2) is 48.8 Å². The smallest absolute Gasteiger partial charge is 0.274 e. The molecule has 4 aromatic rings. The lowest BCUT2D eigenvalue weighted by molar-refractivity contribution is -0.134. The van der Waals surface area contributed by atoms with Gasteiger partial charge in [0, 0.05) is 81.8 Å². The van der Waals surface area contributed by atoms with E-state index in [1.807, 2.05) is 24.3 Å². The number of anilines is 4. The van der Waals surface area contributed by atoms with Crippen LogP contribution in [0.3, 0.4) is 0 Å². The number of nitrogens with two attached hydrogens (primary N) is 1. The van der Waals surface area contributed by atoms with Gasteiger partial charge in [0.25, 0.3) is 11.8 Å². The van der Waals surface area contributed by atoms with E-state index in [4.69, 9.17) is 15.6 Å². The number of nitrogen functional groups attached to an aromatic ring is 1. The predicted molar refractivity (Wildman–Crippen MR) is 213 cm³/mol. The number of aromatic nitrogens is 4. The highest BCUT2D eigenvalue weighted by Gasteiger charge is 2.31. The van der Waals surface area contributed by atoms with Crippen molar-refractivity contribution in [3.05, 3.63) is 60.0 Å². The largest absolute Gasteiger partial charge is 0.496 e. The van der Waals surface area contributed by atoms with Gasteiger partial charge >= 0.3 is 0 Å². The molecule has 0 aliphatic carbocycles. The number of hydrogen-bond acceptors (Lipinski definition) is 13. The maximum atomic E-state index is 13.2. The molecule has 300 valence electrons. The maximum absolute atomic E-state index is 13.2. The number of likely N-dealkylation sites (tertiary alicyclic amines) is 1. The molecule has 2 aromatic carbocycles. The third kappa shape index (κ3) is 8.49. The number of hydrogen-bond donors (Lipinski definition) is 5. The fourth-order valence-corrected chi connectivity index (χ4v) is 8.51. The minimum Gasteiger partial charge on any atom is -0.496 e. The van der Waals surface area contributed by atoms with E-state index in [2.05, 4.69) is 51.5 Å². The van der Waals surface area contributed by atoms with E-state index in [1.54, 1.807) is 6.07 Å². The van der Waals surface area contributed by atoms with Crippen molar-refractivity contribution in [3.63, 3.8) is 0 Å². The molecule has 0 radical (unpaired) electrons. The molecule has 0 unspecified atom stereocenters. The van der Waals surface area contributed by atoms with E-state index < -0.39 is 24.0 Å². The van der Waals surface area contributed by atoms with Gasteiger partial charge in [0.15, 0.2) is 0 Å². The number of fused-ring (bicyclic) bond motifs is 1. The number of benzene rings is 2. The first-order valence-electron chi connectivity index (χ1n) is 19.8. The summed E-state index contributed by atoms with van der Waals surface area (Å²) in [6.45, 7) is 5.98. The quantitative estimate of drug-likeness (QED) is 0.147. The molecule has 4 saturated heterocycles. The summed E-state index contributed by atoms with van der Waals surface area (Å²) in [5, 5.41) is 24.2. The van der Waals surface area contributed by atoms with Crippen molar-refractivity contribution in [2.75, 3.05) is 73.8 Å². The van der Waals surface area contributed by atoms with E-state index in [0.717, 1.165) is 80.7 Å². The number of imide groups is 1. The molecule has 2 atom stereocenters. The van der Waals surface area contributed by atoms with Crippen LogP contribution in [-0.4, -0.2) is 118 Å². The van der Waals surface area contributed by atoms with Gasteiger partial charge < -0.3 is 40.9 Å². The highest BCUT2D eigenvalue weighted by molar-refractivity contribution is 6.07. The maximum Gasteiger partial charge on any atom is 0.274 e. The van der Waals surface area contributed by atoms with Crippen molar-refractivity contribution in [1.82, 2.24) is 35.3 Å². The van der Waals surface area contributed by atoms with Crippen molar-refractivity contribution >= 4 is 57.5 Å². The summed E-state index contributed by atoms with van der Waals surface area (Å²) in [7, 11) is 1.53. The number of aliphatic hydroxyl groups excluding tert-OH is 1. The Morgan fingerprint density at radius 1 is 0.965 bits per heavy atom. The highest BCUT2D eigenvalue weighted by Crippen LogP contribution is 2.36. The summed E-state index contributed by atoms with van der Waals surface area (Å²) in [4.78, 5) is 64.8. The molecule has 0 spiro atoms. The minimum absolute atomic E-state index is 0.0271. The fraction of sp³-hybridized carbons (Fsp3) is 0.475. The Labute approximate surface area is 329 Å². The molecule has 6 N–H and O–H groups in total. The lowest BCUT2D eigenvalue weighted by Gasteiger charge is -2.38. The van der Waals surface area contributed by atoms with Gasteiger partial charge in [-0.2, -0.15) is 5.10 Å². The first-order chi connectivity index (χ1) is 27.6. The summed E-state index contributed by atoms with van der Waals surface area (Å²) in [5.74, 6) is -0.568. The van der Waals surface area contributed by atoms with Gasteiger partial charge in [-0.1, -0.05) is 0 Å². The molecule has 4 amide bonds. The normalized spacial score (nSPS) is 21.2. The van der Waals surface area contributed by atoms with Gasteiger partial charge in [-0.3, -0.25) is 29.2 Å². The zero-order valence-corrected chi connectivity index (χ0v) is 32.0. The summed E-state index contributed by atoms with van der Waals surface area (Å²) in [5.41, 5.74) is 9.52. The lowest BCUT2D eigenvalue weighted by atomic mass is 9.94. The number of nitrogens with one attached hydrogen (secondary N) is 3. The number of piperidine rings is 3. The molecular formula is C40H49N11O6. The van der Waals surface area contributed by atoms with Crippen LogP contribution >= 0.6 is 0 Å². The van der Waals surface area contributed by atoms with Gasteiger partial charge in [0.1, 0.15) is 17.5 Å². The molecule has 0 saturated carbocycles. The van der Waals surface area contributed by atoms with Crippen molar-refractivity contribution in [1.29, 1.82) is 0 Å². The second-order valence-electron chi connectivity index (χ2n) is 15.5. The molecule has 2 aromatic heterocycles. The van der Waals surface area contributed by atoms with Crippen LogP contribution in [0, 0.1) is 5.92 Å². The number of amides is 4. The highest BCUT2D eigenvalue weighted by atomic mass is 16.5. The zero-order chi connectivity index (χ0) is 39.6. The molecule has 17 nitrogen and oxygen atoms in total. The fourth-order valence-electron chi connectivity index (χ4n) is 8.51. The summed E-state index contributed by atoms with van der Waals surface area (Å²) in [6, 6.07) is 10.5. The number of aliphatic hydroxyl groups is 1. The topological polar surface area (TPSA) is 213 Å². The van der Waals surface area contributed by atoms with Crippen molar-refractivity contribution < 1.29 is 29.0 Å². The van der Waals surface area contributed by atoms with Crippen LogP contribution in [0.4, 0.5) is 23.0 Å². The summed E-state index contributed by atoms with van der Waals surface area (Å²) >= 11 is 0. The van der Waals surface area contributed by atoms with Gasteiger partial charge in [0.05, 0.1) is 41.7 Å². The van der Waals surface area contributed by atoms with E-state index in [9.17, 15) is 24.3 Å². The second kappa shape index (κ2) is 16.3. The zero-order valence-electron chi connectivity index (χ0n) is 32.0. The van der Waals surface area contributed by atoms with Crippen molar-refractivity contribution in [3.8, 4) is 5.75 Å². The van der Waals surface area contributed by atoms with E-state index in [1.165, 1.54) is 19.4 Å². The average molecular weight is 780 g/mol. The summed E-state index contributed by atoms with van der Waals surface area (Å²) in [6.07, 6.45) is 8.30. The minimum atomic E-state index is -0.755. The lowest BCUT2D eigenvalue weighted by Crippen LogP contribution is -2.52. The molecule has 4 fully saturated rings. The number of rotatable bonds is 10. The number of ether oxygens (including phenoxy) is 1. The third-order valence-electron chi connectivity index (χ3n) is 11.7. The van der Waals surface area contributed by atoms with Crippen LogP contribution < -0.4 is 36.2 Å². The Morgan fingerprint density at radius 2 is 1.75 bits per heavy atom. The van der Waals surface area contributed by atoms with Gasteiger partial charge in [0.2, 0.25) is 17.8 Å². The Morgan fingerprint density at radius 3 is 2.47 bits per heavy atom. The van der Waals surface area contributed by atoms with Crippen LogP contribution in [0.2, 0.25) is 0 Å². The van der Waals surface area contributed by atoms with Crippen LogP contribution in [-0.2, 0) is 9.59 Å². The number of carbonyl (C=O) groups excluding carboxylic acids is 4. The monoisotopic (exact) mass is 779 g/mol. The Bertz CT molecular complexity index is 2160. The molecule has 57 heavy (non-hydrogen) atoms. The Kier molecular flexibility index (Phi) is 10.9. The van der Waals surface area contributed by atoms with Gasteiger partial charge in [-0.05, 0) is 74.8 Å².